The van der Waals surface area contributed by atoms with Crippen LogP contribution in [-0.4, -0.2) is 40.8 Å². The van der Waals surface area contributed by atoms with E-state index in [1.165, 1.54) is 16.7 Å². The Morgan fingerprint density at radius 3 is 2.43 bits per heavy atom. The minimum Gasteiger partial charge on any atom is -0.455 e. The normalized spacial score (nSPS) is 10.4. The zero-order valence-electron chi connectivity index (χ0n) is 15.3. The lowest BCUT2D eigenvalue weighted by Crippen LogP contribution is -2.21. The molecule has 2 aromatic heterocycles. The Hall–Kier alpha value is -3.39. The summed E-state index contributed by atoms with van der Waals surface area (Å²) in [5.74, 6) is -0.108. The highest BCUT2D eigenvalue weighted by Crippen LogP contribution is 2.32. The molecule has 1 aromatic carbocycles. The van der Waals surface area contributed by atoms with Crippen molar-refractivity contribution in [1.29, 1.82) is 0 Å². The molecule has 2 heterocycles. The number of pyridine rings is 2. The molecule has 3 aromatic rings. The lowest BCUT2D eigenvalue weighted by atomic mass is 10.2. The molecule has 0 atom stereocenters. The van der Waals surface area contributed by atoms with E-state index in [0.717, 1.165) is 9.92 Å². The first-order chi connectivity index (χ1) is 13.4. The van der Waals surface area contributed by atoms with E-state index in [1.807, 2.05) is 18.2 Å². The summed E-state index contributed by atoms with van der Waals surface area (Å²) < 4.78 is 5.82. The molecule has 7 nitrogen and oxygen atoms in total. The predicted molar refractivity (Wildman–Crippen MR) is 106 cm³/mol. The maximum absolute atomic E-state index is 12.0. The number of carbonyl (C=O) groups is 2. The third kappa shape index (κ3) is 4.66. The standard InChI is InChI=1S/C20H18N4O3S/c1-24(2)20(26)13-6-8-14(9-7-13)27-16-11-15(12-23-18(16)19(21)25)28-17-5-3-4-10-22-17/h3-12H,1-2H3,(H2,21,25). The summed E-state index contributed by atoms with van der Waals surface area (Å²) in [6, 6.07) is 13.9. The molecule has 0 aliphatic heterocycles. The van der Waals surface area contributed by atoms with Crippen molar-refractivity contribution in [1.82, 2.24) is 14.9 Å². The highest BCUT2D eigenvalue weighted by molar-refractivity contribution is 7.99. The molecule has 8 heteroatoms. The average molecular weight is 394 g/mol. The van der Waals surface area contributed by atoms with Crippen LogP contribution in [0.1, 0.15) is 20.8 Å². The molecule has 0 saturated carbocycles. The summed E-state index contributed by atoms with van der Waals surface area (Å²) in [6.07, 6.45) is 3.24. The molecular formula is C20H18N4O3S. The maximum Gasteiger partial charge on any atom is 0.271 e. The molecule has 0 aliphatic rings. The van der Waals surface area contributed by atoms with Gasteiger partial charge in [-0.3, -0.25) is 9.59 Å². The monoisotopic (exact) mass is 394 g/mol. The first-order valence-corrected chi connectivity index (χ1v) is 9.14. The molecule has 0 saturated heterocycles. The van der Waals surface area contributed by atoms with Crippen LogP contribution in [0.2, 0.25) is 0 Å². The number of primary amides is 1. The maximum atomic E-state index is 12.0. The number of ether oxygens (including phenoxy) is 1. The van der Waals surface area contributed by atoms with Crippen molar-refractivity contribution >= 4 is 23.6 Å². The van der Waals surface area contributed by atoms with Crippen LogP contribution in [0.3, 0.4) is 0 Å². The number of aromatic nitrogens is 2. The van der Waals surface area contributed by atoms with Crippen LogP contribution in [0.4, 0.5) is 0 Å². The number of nitrogens with zero attached hydrogens (tertiary/aromatic N) is 3. The van der Waals surface area contributed by atoms with E-state index in [4.69, 9.17) is 10.5 Å². The van der Waals surface area contributed by atoms with Crippen LogP contribution in [0, 0.1) is 0 Å². The number of hydrogen-bond acceptors (Lipinski definition) is 6. The fourth-order valence-corrected chi connectivity index (χ4v) is 3.10. The van der Waals surface area contributed by atoms with Crippen LogP contribution in [0.5, 0.6) is 11.5 Å². The fraction of sp³-hybridized carbons (Fsp3) is 0.100. The minimum atomic E-state index is -0.691. The van der Waals surface area contributed by atoms with Gasteiger partial charge in [0.2, 0.25) is 0 Å². The lowest BCUT2D eigenvalue weighted by molar-refractivity contribution is 0.0827. The second kappa shape index (κ2) is 8.53. The highest BCUT2D eigenvalue weighted by Gasteiger charge is 2.15. The lowest BCUT2D eigenvalue weighted by Gasteiger charge is -2.12. The topological polar surface area (TPSA) is 98.4 Å². The predicted octanol–water partition coefficient (Wildman–Crippen LogP) is 3.22. The van der Waals surface area contributed by atoms with Crippen molar-refractivity contribution in [3.63, 3.8) is 0 Å². The molecule has 2 amide bonds. The Kier molecular flexibility index (Phi) is 5.90. The molecule has 28 heavy (non-hydrogen) atoms. The Morgan fingerprint density at radius 2 is 1.82 bits per heavy atom. The molecule has 142 valence electrons. The van der Waals surface area contributed by atoms with Crippen molar-refractivity contribution in [3.05, 3.63) is 72.2 Å². The van der Waals surface area contributed by atoms with Crippen LogP contribution < -0.4 is 10.5 Å². The van der Waals surface area contributed by atoms with Gasteiger partial charge in [-0.2, -0.15) is 0 Å². The molecule has 3 rings (SSSR count). The first-order valence-electron chi connectivity index (χ1n) is 8.32. The van der Waals surface area contributed by atoms with E-state index in [2.05, 4.69) is 9.97 Å². The molecule has 0 spiro atoms. The van der Waals surface area contributed by atoms with E-state index in [9.17, 15) is 9.59 Å². The largest absolute Gasteiger partial charge is 0.455 e. The third-order valence-corrected chi connectivity index (χ3v) is 4.57. The van der Waals surface area contributed by atoms with Crippen molar-refractivity contribution < 1.29 is 14.3 Å². The van der Waals surface area contributed by atoms with E-state index in [-0.39, 0.29) is 17.4 Å². The van der Waals surface area contributed by atoms with Crippen molar-refractivity contribution in [2.75, 3.05) is 14.1 Å². The Labute approximate surface area is 166 Å². The van der Waals surface area contributed by atoms with E-state index < -0.39 is 5.91 Å². The first kappa shape index (κ1) is 19.4. The van der Waals surface area contributed by atoms with Gasteiger partial charge in [-0.15, -0.1) is 0 Å². The van der Waals surface area contributed by atoms with E-state index >= 15 is 0 Å². The minimum absolute atomic E-state index is 0.0267. The smallest absolute Gasteiger partial charge is 0.271 e. The van der Waals surface area contributed by atoms with E-state index in [0.29, 0.717) is 11.3 Å². The molecule has 0 unspecified atom stereocenters. The molecular weight excluding hydrogens is 376 g/mol. The Bertz CT molecular complexity index is 992. The molecule has 0 fully saturated rings. The van der Waals surface area contributed by atoms with Crippen molar-refractivity contribution in [3.8, 4) is 11.5 Å². The van der Waals surface area contributed by atoms with Gasteiger partial charge in [0.15, 0.2) is 11.4 Å². The Morgan fingerprint density at radius 1 is 1.07 bits per heavy atom. The van der Waals surface area contributed by atoms with Crippen LogP contribution >= 0.6 is 11.8 Å². The van der Waals surface area contributed by atoms with Crippen LogP contribution in [0.25, 0.3) is 0 Å². The number of carbonyl (C=O) groups excluding carboxylic acids is 2. The summed E-state index contributed by atoms with van der Waals surface area (Å²) in [6.45, 7) is 0. The van der Waals surface area contributed by atoms with Gasteiger partial charge in [0.1, 0.15) is 10.8 Å². The quantitative estimate of drug-likeness (QED) is 0.689. The average Bonchev–Trinajstić information content (AvgIpc) is 2.68. The number of hydrogen-bond donors (Lipinski definition) is 1. The van der Waals surface area contributed by atoms with Gasteiger partial charge in [-0.05, 0) is 42.5 Å². The summed E-state index contributed by atoms with van der Waals surface area (Å²) in [5, 5.41) is 0.786. The highest BCUT2D eigenvalue weighted by atomic mass is 32.2. The van der Waals surface area contributed by atoms with Gasteiger partial charge in [0, 0.05) is 36.9 Å². The summed E-state index contributed by atoms with van der Waals surface area (Å²) in [4.78, 5) is 34.3. The van der Waals surface area contributed by atoms with Gasteiger partial charge >= 0.3 is 0 Å². The zero-order valence-corrected chi connectivity index (χ0v) is 16.1. The second-order valence-corrected chi connectivity index (χ2v) is 7.07. The SMILES string of the molecule is CN(C)C(=O)c1ccc(Oc2cc(Sc3ccccn3)cnc2C(N)=O)cc1. The number of amides is 2. The van der Waals surface area contributed by atoms with Gasteiger partial charge in [0.05, 0.1) is 0 Å². The summed E-state index contributed by atoms with van der Waals surface area (Å²) in [7, 11) is 3.37. The second-order valence-electron chi connectivity index (χ2n) is 5.98. The summed E-state index contributed by atoms with van der Waals surface area (Å²) >= 11 is 1.39. The summed E-state index contributed by atoms with van der Waals surface area (Å²) in [5.41, 5.74) is 5.98. The number of nitrogens with two attached hydrogens (primary N) is 1. The van der Waals surface area contributed by atoms with Gasteiger partial charge in [-0.25, -0.2) is 9.97 Å². The van der Waals surface area contributed by atoms with Crippen LogP contribution in [0.15, 0.2) is 70.8 Å². The zero-order chi connectivity index (χ0) is 20.1. The van der Waals surface area contributed by atoms with Crippen molar-refractivity contribution in [2.24, 2.45) is 5.73 Å². The van der Waals surface area contributed by atoms with Crippen LogP contribution in [-0.2, 0) is 0 Å². The molecule has 2 N–H and O–H groups in total. The molecule has 0 aliphatic carbocycles. The van der Waals surface area contributed by atoms with Gasteiger partial charge in [0.25, 0.3) is 11.8 Å². The molecule has 0 radical (unpaired) electrons. The fourth-order valence-electron chi connectivity index (χ4n) is 2.32. The Balaban J connectivity index is 1.86. The van der Waals surface area contributed by atoms with Gasteiger partial charge < -0.3 is 15.4 Å². The van der Waals surface area contributed by atoms with Gasteiger partial charge in [-0.1, -0.05) is 17.8 Å². The third-order valence-electron chi connectivity index (χ3n) is 3.66. The van der Waals surface area contributed by atoms with E-state index in [1.54, 1.807) is 56.8 Å². The van der Waals surface area contributed by atoms with Crippen molar-refractivity contribution in [2.45, 2.75) is 9.92 Å². The number of benzene rings is 1. The number of rotatable bonds is 6. The molecule has 0 bridgehead atoms.